The molecule has 2 atom stereocenters. The number of rotatable bonds is 1. The maximum Gasteiger partial charge on any atom is 0.240 e. The minimum atomic E-state index is -0.0923. The van der Waals surface area contributed by atoms with Gasteiger partial charge in [-0.3, -0.25) is 9.69 Å². The van der Waals surface area contributed by atoms with Crippen LogP contribution in [0.25, 0.3) is 0 Å². The molecule has 4 heterocycles. The number of piperidine rings is 3. The highest BCUT2D eigenvalue weighted by Gasteiger charge is 2.50. The van der Waals surface area contributed by atoms with Crippen molar-refractivity contribution in [2.45, 2.75) is 31.8 Å². The number of nitrogens with zero attached hydrogens (tertiary/aromatic N) is 3. The zero-order valence-electron chi connectivity index (χ0n) is 12.3. The Kier molecular flexibility index (Phi) is 3.44. The minimum Gasteiger partial charge on any atom is -0.293 e. The van der Waals surface area contributed by atoms with Crippen LogP contribution in [0.4, 0.5) is 0 Å². The Hall–Kier alpha value is -1.10. The SMILES string of the molecule is CC(=O)N1N=C2C3CCN(CC3)C2C1c1ccc(Cl)c(Cl)c1. The largest absolute Gasteiger partial charge is 0.293 e. The van der Waals surface area contributed by atoms with Crippen LogP contribution in [0.5, 0.6) is 0 Å². The third-order valence-corrected chi connectivity index (χ3v) is 5.78. The second-order valence-electron chi connectivity index (χ2n) is 6.26. The summed E-state index contributed by atoms with van der Waals surface area (Å²) >= 11 is 12.2. The van der Waals surface area contributed by atoms with Crippen LogP contribution in [0.2, 0.25) is 10.0 Å². The van der Waals surface area contributed by atoms with Gasteiger partial charge < -0.3 is 0 Å². The third-order valence-electron chi connectivity index (χ3n) is 5.04. The molecule has 6 heteroatoms. The van der Waals surface area contributed by atoms with Gasteiger partial charge in [-0.25, -0.2) is 5.01 Å². The second-order valence-corrected chi connectivity index (χ2v) is 7.08. The fourth-order valence-electron chi connectivity index (χ4n) is 4.01. The number of halogens is 2. The molecule has 22 heavy (non-hydrogen) atoms. The van der Waals surface area contributed by atoms with Crippen molar-refractivity contribution in [2.75, 3.05) is 13.1 Å². The number of hydrazone groups is 1. The van der Waals surface area contributed by atoms with Gasteiger partial charge in [0.15, 0.2) is 0 Å². The third kappa shape index (κ3) is 2.08. The van der Waals surface area contributed by atoms with E-state index in [0.29, 0.717) is 16.0 Å². The van der Waals surface area contributed by atoms with Gasteiger partial charge in [-0.2, -0.15) is 5.10 Å². The van der Waals surface area contributed by atoms with E-state index in [1.807, 2.05) is 12.1 Å². The molecule has 0 aliphatic carbocycles. The first kappa shape index (κ1) is 14.5. The lowest BCUT2D eigenvalue weighted by Crippen LogP contribution is -2.56. The zero-order valence-corrected chi connectivity index (χ0v) is 13.8. The zero-order chi connectivity index (χ0) is 15.4. The Morgan fingerprint density at radius 2 is 1.91 bits per heavy atom. The smallest absolute Gasteiger partial charge is 0.240 e. The van der Waals surface area contributed by atoms with E-state index in [2.05, 4.69) is 10.0 Å². The van der Waals surface area contributed by atoms with E-state index in [4.69, 9.17) is 23.2 Å². The van der Waals surface area contributed by atoms with E-state index in [-0.39, 0.29) is 18.0 Å². The van der Waals surface area contributed by atoms with Crippen LogP contribution in [0, 0.1) is 5.92 Å². The number of fused-ring (bicyclic) bond motifs is 2. The van der Waals surface area contributed by atoms with Crippen LogP contribution in [0.1, 0.15) is 31.4 Å². The summed E-state index contributed by atoms with van der Waals surface area (Å²) in [7, 11) is 0. The molecule has 4 nitrogen and oxygen atoms in total. The normalized spacial score (nSPS) is 32.9. The minimum absolute atomic E-state index is 0.0291. The van der Waals surface area contributed by atoms with Crippen molar-refractivity contribution in [2.24, 2.45) is 11.0 Å². The molecule has 2 unspecified atom stereocenters. The van der Waals surface area contributed by atoms with Crippen LogP contribution in [0.3, 0.4) is 0 Å². The Morgan fingerprint density at radius 3 is 2.55 bits per heavy atom. The van der Waals surface area contributed by atoms with Gasteiger partial charge in [0.1, 0.15) is 6.04 Å². The molecule has 1 amide bonds. The fraction of sp³-hybridized carbons (Fsp3) is 0.500. The van der Waals surface area contributed by atoms with E-state index < -0.39 is 0 Å². The summed E-state index contributed by atoms with van der Waals surface area (Å²) in [6.45, 7) is 3.74. The van der Waals surface area contributed by atoms with Gasteiger partial charge in [0, 0.05) is 12.8 Å². The Balaban J connectivity index is 1.79. The first-order chi connectivity index (χ1) is 10.6. The molecular weight excluding hydrogens is 321 g/mol. The predicted octanol–water partition coefficient (Wildman–Crippen LogP) is 3.35. The molecule has 2 bridgehead atoms. The predicted molar refractivity (Wildman–Crippen MR) is 87.2 cm³/mol. The summed E-state index contributed by atoms with van der Waals surface area (Å²) in [5.74, 6) is 0.489. The summed E-state index contributed by atoms with van der Waals surface area (Å²) in [5, 5.41) is 7.37. The second kappa shape index (κ2) is 5.22. The van der Waals surface area contributed by atoms with Crippen LogP contribution < -0.4 is 0 Å². The topological polar surface area (TPSA) is 35.9 Å². The van der Waals surface area contributed by atoms with Gasteiger partial charge in [-0.05, 0) is 43.6 Å². The first-order valence-corrected chi connectivity index (χ1v) is 8.39. The number of benzene rings is 1. The monoisotopic (exact) mass is 337 g/mol. The van der Waals surface area contributed by atoms with Gasteiger partial charge in [0.2, 0.25) is 5.91 Å². The van der Waals surface area contributed by atoms with Crippen LogP contribution in [0.15, 0.2) is 23.3 Å². The highest BCUT2D eigenvalue weighted by molar-refractivity contribution is 6.42. The summed E-state index contributed by atoms with van der Waals surface area (Å²) in [5.41, 5.74) is 2.17. The van der Waals surface area contributed by atoms with Gasteiger partial charge in [-0.15, -0.1) is 0 Å². The average molecular weight is 338 g/mol. The van der Waals surface area contributed by atoms with Gasteiger partial charge >= 0.3 is 0 Å². The van der Waals surface area contributed by atoms with Gasteiger partial charge in [0.25, 0.3) is 0 Å². The fourth-order valence-corrected chi connectivity index (χ4v) is 4.32. The average Bonchev–Trinajstić information content (AvgIpc) is 2.94. The van der Waals surface area contributed by atoms with Gasteiger partial charge in [0.05, 0.1) is 21.8 Å². The highest BCUT2D eigenvalue weighted by atomic mass is 35.5. The van der Waals surface area contributed by atoms with E-state index in [0.717, 1.165) is 31.5 Å². The Bertz CT molecular complexity index is 667. The Morgan fingerprint density at radius 1 is 1.18 bits per heavy atom. The number of carbonyl (C=O) groups excluding carboxylic acids is 1. The molecule has 3 fully saturated rings. The molecule has 0 N–H and O–H groups in total. The molecule has 1 aromatic carbocycles. The molecule has 3 saturated heterocycles. The van der Waals surface area contributed by atoms with Crippen molar-refractivity contribution in [1.82, 2.24) is 9.91 Å². The molecule has 0 aromatic heterocycles. The number of amides is 1. The van der Waals surface area contributed by atoms with Crippen LogP contribution >= 0.6 is 23.2 Å². The van der Waals surface area contributed by atoms with Crippen molar-refractivity contribution in [3.8, 4) is 0 Å². The number of carbonyl (C=O) groups is 1. The summed E-state index contributed by atoms with van der Waals surface area (Å²) < 4.78 is 0. The van der Waals surface area contributed by atoms with E-state index in [9.17, 15) is 4.79 Å². The summed E-state index contributed by atoms with van der Waals surface area (Å²) in [6, 6.07) is 5.72. The maximum absolute atomic E-state index is 12.1. The molecule has 1 aromatic rings. The summed E-state index contributed by atoms with van der Waals surface area (Å²) in [6.07, 6.45) is 2.30. The van der Waals surface area contributed by atoms with E-state index in [1.54, 1.807) is 18.0 Å². The summed E-state index contributed by atoms with van der Waals surface area (Å²) in [4.78, 5) is 14.6. The standard InChI is InChI=1S/C16H17Cl2N3O/c1-9(22)21-15(11-2-3-12(17)13(18)8-11)16-14(19-21)10-4-6-20(16)7-5-10/h2-3,8,10,15-16H,4-7H2,1H3. The lowest BCUT2D eigenvalue weighted by atomic mass is 9.78. The maximum atomic E-state index is 12.1. The van der Waals surface area contributed by atoms with E-state index in [1.165, 1.54) is 5.71 Å². The molecule has 0 spiro atoms. The molecule has 116 valence electrons. The molecule has 5 rings (SSSR count). The number of hydrogen-bond acceptors (Lipinski definition) is 3. The molecule has 4 aliphatic rings. The molecule has 0 radical (unpaired) electrons. The van der Waals surface area contributed by atoms with Gasteiger partial charge in [-0.1, -0.05) is 29.3 Å². The first-order valence-electron chi connectivity index (χ1n) is 7.63. The van der Waals surface area contributed by atoms with Crippen molar-refractivity contribution >= 4 is 34.8 Å². The molecule has 4 aliphatic heterocycles. The Labute approximate surface area is 139 Å². The quantitative estimate of drug-likeness (QED) is 0.787. The van der Waals surface area contributed by atoms with Crippen molar-refractivity contribution in [1.29, 1.82) is 0 Å². The van der Waals surface area contributed by atoms with Crippen molar-refractivity contribution < 1.29 is 4.79 Å². The lowest BCUT2D eigenvalue weighted by Gasteiger charge is -2.46. The molecular formula is C16H17Cl2N3O. The highest BCUT2D eigenvalue weighted by Crippen LogP contribution is 2.44. The van der Waals surface area contributed by atoms with Crippen LogP contribution in [-0.4, -0.2) is 40.7 Å². The van der Waals surface area contributed by atoms with Crippen molar-refractivity contribution in [3.63, 3.8) is 0 Å². The molecule has 0 saturated carbocycles. The van der Waals surface area contributed by atoms with Crippen LogP contribution in [-0.2, 0) is 4.79 Å². The van der Waals surface area contributed by atoms with E-state index >= 15 is 0 Å². The number of hydrogen-bond donors (Lipinski definition) is 0. The van der Waals surface area contributed by atoms with Crippen molar-refractivity contribution in [3.05, 3.63) is 33.8 Å². The lowest BCUT2D eigenvalue weighted by molar-refractivity contribution is -0.131.